The van der Waals surface area contributed by atoms with Crippen LogP contribution >= 0.6 is 19.6 Å². The zero-order chi connectivity index (χ0) is 58.7. The molecule has 0 spiro atoms. The molecule has 2 aromatic rings. The molecule has 9 unspecified atom stereocenters. The highest BCUT2D eigenvalue weighted by Crippen LogP contribution is 2.55. The number of fused-ring (bicyclic) bond motifs is 1. The van der Waals surface area contributed by atoms with Crippen LogP contribution in [-0.2, 0) is 73.3 Å². The molecule has 4 aliphatic rings. The normalized spacial score (nSPS) is 31.4. The molecule has 3 saturated heterocycles. The maximum absolute atomic E-state index is 13.1. The molecular formula is C54H82N3O19PS. The van der Waals surface area contributed by atoms with Gasteiger partial charge in [-0.25, -0.2) is 4.57 Å². The van der Waals surface area contributed by atoms with Crippen molar-refractivity contribution in [1.82, 2.24) is 16.0 Å². The molecule has 2 aromatic carbocycles. The molecule has 6 rings (SSSR count). The zero-order valence-corrected chi connectivity index (χ0v) is 49.1. The lowest BCUT2D eigenvalue weighted by Gasteiger charge is -2.44. The van der Waals surface area contributed by atoms with Crippen molar-refractivity contribution in [3.8, 4) is 11.5 Å². The molecule has 16 atom stereocenters. The zero-order valence-electron chi connectivity index (χ0n) is 47.4. The van der Waals surface area contributed by atoms with Gasteiger partial charge in [-0.15, -0.1) is 11.8 Å². The summed E-state index contributed by atoms with van der Waals surface area (Å²) < 4.78 is 58.1. The van der Waals surface area contributed by atoms with Crippen LogP contribution in [-0.4, -0.2) is 135 Å². The van der Waals surface area contributed by atoms with Crippen molar-refractivity contribution in [2.24, 2.45) is 23.7 Å². The van der Waals surface area contributed by atoms with Gasteiger partial charge in [0, 0.05) is 51.2 Å². The number of phosphoric ester groups is 1. The number of aliphatic hydroxyl groups excluding tert-OH is 4. The number of esters is 3. The summed E-state index contributed by atoms with van der Waals surface area (Å²) in [5.41, 5.74) is 2.62. The summed E-state index contributed by atoms with van der Waals surface area (Å²) in [4.78, 5) is 70.5. The highest BCUT2D eigenvalue weighted by molar-refractivity contribution is 8.00. The number of hydrogen-bond acceptors (Lipinski definition) is 20. The van der Waals surface area contributed by atoms with Crippen molar-refractivity contribution < 1.29 is 91.0 Å². The smallest absolute Gasteiger partial charge is 0.434 e. The van der Waals surface area contributed by atoms with Crippen LogP contribution in [0.5, 0.6) is 11.5 Å². The summed E-state index contributed by atoms with van der Waals surface area (Å²) in [5.74, 6) is -1.18. The number of para-hydroxylation sites is 1. The van der Waals surface area contributed by atoms with E-state index in [1.54, 1.807) is 0 Å². The number of ether oxygens (including phenoxy) is 5. The first kappa shape index (κ1) is 65.8. The van der Waals surface area contributed by atoms with Crippen LogP contribution in [0.4, 0.5) is 0 Å². The Morgan fingerprint density at radius 2 is 1.29 bits per heavy atom. The number of carbonyl (C=O) groups excluding carboxylic acids is 6. The molecule has 438 valence electrons. The molecule has 0 bridgehead atoms. The minimum absolute atomic E-state index is 0.0541. The Morgan fingerprint density at radius 3 is 1.83 bits per heavy atom. The van der Waals surface area contributed by atoms with Crippen LogP contribution in [0.25, 0.3) is 0 Å². The molecule has 0 aromatic heterocycles. The van der Waals surface area contributed by atoms with Crippen molar-refractivity contribution in [3.63, 3.8) is 0 Å². The van der Waals surface area contributed by atoms with Gasteiger partial charge in [-0.3, -0.25) is 37.8 Å². The SMILES string of the molecule is CC(=O)NC1C(O)SC(CO)[C@@H](O)[C@@H]1O.CC(=O)NC1C(OC(C)=O)OC(COP2(=O)OCc3cccc(C)c3O2)[C@@H](C)[C@@H]1C.CCC1O[C@H](OC(=O)CC(C)(C)c2c(C)cc(C)cc2OC(C)=O)C(NC(C)=O)[C@@H](C)[C@@H]1C. The number of nitrogens with one attached hydrogen (secondary N) is 3. The van der Waals surface area contributed by atoms with E-state index in [9.17, 15) is 48.7 Å². The fourth-order valence-corrected chi connectivity index (χ4v) is 12.5. The van der Waals surface area contributed by atoms with E-state index in [0.717, 1.165) is 46.0 Å². The van der Waals surface area contributed by atoms with Gasteiger partial charge in [0.1, 0.15) is 23.0 Å². The van der Waals surface area contributed by atoms with Gasteiger partial charge in [0.2, 0.25) is 30.3 Å². The monoisotopic (exact) mass is 1140 g/mol. The third-order valence-corrected chi connectivity index (χ3v) is 17.0. The molecule has 24 heteroatoms. The lowest BCUT2D eigenvalue weighted by atomic mass is 9.78. The Morgan fingerprint density at radius 1 is 0.744 bits per heavy atom. The molecular weight excluding hydrogens is 1060 g/mol. The van der Waals surface area contributed by atoms with Gasteiger partial charge in [0.05, 0.1) is 67.9 Å². The van der Waals surface area contributed by atoms with Crippen LogP contribution in [0.2, 0.25) is 0 Å². The number of rotatable bonds is 14. The van der Waals surface area contributed by atoms with E-state index in [4.69, 9.17) is 42.4 Å². The Hall–Kier alpha value is -4.68. The molecule has 0 saturated carbocycles. The van der Waals surface area contributed by atoms with E-state index >= 15 is 0 Å². The van der Waals surface area contributed by atoms with E-state index in [0.29, 0.717) is 11.5 Å². The first-order valence-electron chi connectivity index (χ1n) is 26.1. The third-order valence-electron chi connectivity index (χ3n) is 14.3. The fourth-order valence-electron chi connectivity index (χ4n) is 10.1. The Bertz CT molecular complexity index is 2480. The summed E-state index contributed by atoms with van der Waals surface area (Å²) in [6.45, 7) is 26.0. The highest BCUT2D eigenvalue weighted by atomic mass is 32.2. The van der Waals surface area contributed by atoms with Crippen molar-refractivity contribution in [1.29, 1.82) is 0 Å². The second kappa shape index (κ2) is 28.6. The number of aliphatic hydroxyl groups is 4. The molecule has 0 aliphatic carbocycles. The van der Waals surface area contributed by atoms with Crippen molar-refractivity contribution in [2.75, 3.05) is 13.2 Å². The number of hydrogen-bond donors (Lipinski definition) is 7. The van der Waals surface area contributed by atoms with Crippen molar-refractivity contribution >= 4 is 55.2 Å². The summed E-state index contributed by atoms with van der Waals surface area (Å²) in [6.07, 6.45) is -4.06. The van der Waals surface area contributed by atoms with E-state index < -0.39 is 96.8 Å². The van der Waals surface area contributed by atoms with Crippen molar-refractivity contribution in [3.05, 3.63) is 58.1 Å². The molecule has 4 heterocycles. The lowest BCUT2D eigenvalue weighted by Crippen LogP contribution is -2.60. The second-order valence-corrected chi connectivity index (χ2v) is 24.2. The Labute approximate surface area is 461 Å². The minimum atomic E-state index is -3.83. The minimum Gasteiger partial charge on any atom is -0.434 e. The van der Waals surface area contributed by atoms with Gasteiger partial charge >= 0.3 is 25.7 Å². The van der Waals surface area contributed by atoms with Crippen LogP contribution in [0.3, 0.4) is 0 Å². The second-order valence-electron chi connectivity index (χ2n) is 21.2. The highest BCUT2D eigenvalue weighted by Gasteiger charge is 2.47. The summed E-state index contributed by atoms with van der Waals surface area (Å²) >= 11 is 0.929. The van der Waals surface area contributed by atoms with Crippen LogP contribution in [0, 0.1) is 44.4 Å². The van der Waals surface area contributed by atoms with Gasteiger partial charge in [0.25, 0.3) is 0 Å². The first-order valence-corrected chi connectivity index (χ1v) is 28.5. The maximum Gasteiger partial charge on any atom is 0.530 e. The van der Waals surface area contributed by atoms with Gasteiger partial charge in [-0.2, -0.15) is 0 Å². The Balaban J connectivity index is 0.000000269. The van der Waals surface area contributed by atoms with E-state index in [1.165, 1.54) is 34.6 Å². The Kier molecular flexibility index (Phi) is 24.2. The molecule has 7 N–H and O–H groups in total. The molecule has 0 radical (unpaired) electrons. The van der Waals surface area contributed by atoms with Gasteiger partial charge in [-0.1, -0.05) is 72.7 Å². The molecule has 4 aliphatic heterocycles. The number of phosphoric acid groups is 1. The van der Waals surface area contributed by atoms with E-state index in [2.05, 4.69) is 22.9 Å². The van der Waals surface area contributed by atoms with Crippen LogP contribution in [0.15, 0.2) is 30.3 Å². The topological polar surface area (TPSA) is 310 Å². The fraction of sp³-hybridized carbons (Fsp3) is 0.667. The lowest BCUT2D eigenvalue weighted by molar-refractivity contribution is -0.236. The standard InChI is InChI=1S/C26H39NO6.C20H28NO8P.C8H15NO5S/c1-10-20-16(4)17(5)24(27-18(6)28)25(32-20)33-22(30)13-26(8,9)23-15(3)11-14(2)12-21(23)31-19(7)29;1-11-7-6-8-16-9-25-30(24,29-19(11)16)26-10-17-12(2)13(3)18(21-14(4)22)20(28-17)27-15(5)23;1-3(11)9-5-7(13)6(12)4(2-10)15-8(5)14/h11-12,16-17,20,24-25H,10,13H2,1-9H3,(H,27,28);6-8,12-13,17-18,20H,9-10H2,1-5H3,(H,21,22);4-8,10,12-14H,2H2,1H3,(H,9,11)/t16-,17-,20?,24?,25+;12-,13-,17?,18?,20?,30?;4?,5?,6-,7-,8?/m001/s1. The summed E-state index contributed by atoms with van der Waals surface area (Å²) in [5, 5.41) is 45.0. The largest absolute Gasteiger partial charge is 0.530 e. The van der Waals surface area contributed by atoms with Gasteiger partial charge in [0.15, 0.2) is 0 Å². The average Bonchev–Trinajstić information content (AvgIpc) is 3.33. The van der Waals surface area contributed by atoms with Gasteiger partial charge < -0.3 is 64.6 Å². The number of benzene rings is 2. The molecule has 22 nitrogen and oxygen atoms in total. The molecule has 3 amide bonds. The maximum atomic E-state index is 13.1. The number of thioether (sulfide) groups is 1. The quantitative estimate of drug-likeness (QED) is 0.0736. The summed E-state index contributed by atoms with van der Waals surface area (Å²) in [6, 6.07) is 7.53. The predicted octanol–water partition coefficient (Wildman–Crippen LogP) is 5.08. The van der Waals surface area contributed by atoms with E-state index in [-0.39, 0.29) is 67.8 Å². The number of amides is 3. The average molecular weight is 1140 g/mol. The number of carbonyl (C=O) groups is 6. The third kappa shape index (κ3) is 17.7. The predicted molar refractivity (Wildman–Crippen MR) is 286 cm³/mol. The number of aryl methyl sites for hydroxylation is 3. The van der Waals surface area contributed by atoms with Crippen LogP contribution in [0.1, 0.15) is 124 Å². The molecule has 78 heavy (non-hydrogen) atoms. The van der Waals surface area contributed by atoms with Gasteiger partial charge in [-0.05, 0) is 73.6 Å². The molecule has 3 fully saturated rings. The summed E-state index contributed by atoms with van der Waals surface area (Å²) in [7, 11) is -3.83. The van der Waals surface area contributed by atoms with Crippen molar-refractivity contribution in [2.45, 2.75) is 195 Å². The van der Waals surface area contributed by atoms with Crippen LogP contribution < -0.4 is 25.2 Å². The van der Waals surface area contributed by atoms with E-state index in [1.807, 2.05) is 92.6 Å². The first-order chi connectivity index (χ1) is 36.3.